The zero-order valence-electron chi connectivity index (χ0n) is 7.58. The summed E-state index contributed by atoms with van der Waals surface area (Å²) in [5.74, 6) is 0. The Hall–Kier alpha value is -1.15. The van der Waals surface area contributed by atoms with Crippen LogP contribution >= 0.6 is 0 Å². The minimum Gasteiger partial charge on any atom is -0.313 e. The van der Waals surface area contributed by atoms with E-state index in [-0.39, 0.29) is 0 Å². The summed E-state index contributed by atoms with van der Waals surface area (Å²) in [6.07, 6.45) is 0. The predicted molar refractivity (Wildman–Crippen MR) is 51.0 cm³/mol. The highest BCUT2D eigenvalue weighted by molar-refractivity contribution is 5.17. The average molecular weight is 165 g/mol. The topological polar surface area (TPSA) is 29.1 Å². The summed E-state index contributed by atoms with van der Waals surface area (Å²) in [4.78, 5) is 8.00. The molecule has 0 aliphatic heterocycles. The molecular weight excluding hydrogens is 150 g/mol. The molecule has 0 bridgehead atoms. The Morgan fingerprint density at radius 1 is 1.25 bits per heavy atom. The van der Waals surface area contributed by atoms with Crippen LogP contribution in [0.15, 0.2) is 30.3 Å². The van der Waals surface area contributed by atoms with E-state index in [9.17, 15) is 0 Å². The first-order valence-corrected chi connectivity index (χ1v) is 3.85. The number of hydrogen-bond donors (Lipinski definition) is 1. The molecule has 0 spiro atoms. The van der Waals surface area contributed by atoms with Crippen molar-refractivity contribution in [3.8, 4) is 0 Å². The van der Waals surface area contributed by atoms with Gasteiger partial charge < -0.3 is 10.1 Å². The maximum atomic E-state index is 8.00. The Morgan fingerprint density at radius 3 is 2.17 bits per heavy atom. The summed E-state index contributed by atoms with van der Waals surface area (Å²) >= 11 is 0. The summed E-state index contributed by atoms with van der Waals surface area (Å²) in [6.45, 7) is 4.15. The van der Waals surface area contributed by atoms with Crippen molar-refractivity contribution in [1.82, 2.24) is 5.32 Å². The molecule has 0 amide bonds. The van der Waals surface area contributed by atoms with Gasteiger partial charge in [-0.25, -0.2) is 0 Å². The molecule has 0 fully saturated rings. The Labute approximate surface area is 73.6 Å². The molecule has 1 aromatic rings. The van der Waals surface area contributed by atoms with Crippen molar-refractivity contribution in [2.24, 2.45) is 0 Å². The smallest absolute Gasteiger partial charge is 0.106 e. The van der Waals surface area contributed by atoms with Crippen LogP contribution in [-0.4, -0.2) is 13.8 Å². The molecule has 1 atom stereocenters. The molecular formula is C10H15NO. The molecule has 0 heterocycles. The third kappa shape index (κ3) is 3.30. The number of rotatable bonds is 2. The van der Waals surface area contributed by atoms with Crippen LogP contribution in [0.25, 0.3) is 0 Å². The number of carbonyl (C=O) groups excluding carboxylic acids is 1. The number of hydrogen-bond acceptors (Lipinski definition) is 2. The van der Waals surface area contributed by atoms with Gasteiger partial charge in [0, 0.05) is 6.04 Å². The molecule has 12 heavy (non-hydrogen) atoms. The Bertz CT molecular complexity index is 198. The number of nitrogens with one attached hydrogen (secondary N) is 1. The minimum atomic E-state index is 0.459. The third-order valence-corrected chi connectivity index (χ3v) is 1.73. The van der Waals surface area contributed by atoms with Gasteiger partial charge in [-0.3, -0.25) is 0 Å². The second-order valence-electron chi connectivity index (χ2n) is 2.42. The van der Waals surface area contributed by atoms with Crippen LogP contribution in [0, 0.1) is 0 Å². The highest BCUT2D eigenvalue weighted by Crippen LogP contribution is 2.09. The maximum Gasteiger partial charge on any atom is 0.106 e. The summed E-state index contributed by atoms with van der Waals surface area (Å²) < 4.78 is 0. The standard InChI is InChI=1S/C9H13N.CH2O/c1-8(10-2)9-6-4-3-5-7-9;1-2/h3-8,10H,1-2H3;1H2. The molecule has 0 saturated heterocycles. The largest absolute Gasteiger partial charge is 0.313 e. The van der Waals surface area contributed by atoms with Gasteiger partial charge in [0.1, 0.15) is 6.79 Å². The van der Waals surface area contributed by atoms with Crippen molar-refractivity contribution in [1.29, 1.82) is 0 Å². The van der Waals surface area contributed by atoms with Crippen LogP contribution in [0.5, 0.6) is 0 Å². The molecule has 0 aliphatic rings. The minimum absolute atomic E-state index is 0.459. The van der Waals surface area contributed by atoms with Crippen molar-refractivity contribution < 1.29 is 4.79 Å². The molecule has 1 unspecified atom stereocenters. The summed E-state index contributed by atoms with van der Waals surface area (Å²) in [7, 11) is 1.97. The Morgan fingerprint density at radius 2 is 1.75 bits per heavy atom. The van der Waals surface area contributed by atoms with E-state index in [0.29, 0.717) is 6.04 Å². The van der Waals surface area contributed by atoms with Crippen LogP contribution in [0.2, 0.25) is 0 Å². The van der Waals surface area contributed by atoms with E-state index < -0.39 is 0 Å². The van der Waals surface area contributed by atoms with Gasteiger partial charge in [0.15, 0.2) is 0 Å². The second kappa shape index (κ2) is 6.55. The van der Waals surface area contributed by atoms with Crippen LogP contribution in [-0.2, 0) is 4.79 Å². The van der Waals surface area contributed by atoms with E-state index in [1.54, 1.807) is 0 Å². The van der Waals surface area contributed by atoms with E-state index in [0.717, 1.165) is 0 Å². The molecule has 2 nitrogen and oxygen atoms in total. The summed E-state index contributed by atoms with van der Waals surface area (Å²) in [5.41, 5.74) is 1.34. The Balaban J connectivity index is 0.000000561. The fourth-order valence-electron chi connectivity index (χ4n) is 0.908. The maximum absolute atomic E-state index is 8.00. The molecule has 0 saturated carbocycles. The highest BCUT2D eigenvalue weighted by atomic mass is 16.1. The van der Waals surface area contributed by atoms with Crippen molar-refractivity contribution in [3.05, 3.63) is 35.9 Å². The molecule has 0 aliphatic carbocycles. The van der Waals surface area contributed by atoms with Gasteiger partial charge in [-0.1, -0.05) is 30.3 Å². The first-order chi connectivity index (χ1) is 5.84. The number of benzene rings is 1. The van der Waals surface area contributed by atoms with E-state index in [2.05, 4.69) is 36.5 Å². The third-order valence-electron chi connectivity index (χ3n) is 1.73. The van der Waals surface area contributed by atoms with Crippen molar-refractivity contribution in [3.63, 3.8) is 0 Å². The van der Waals surface area contributed by atoms with Crippen molar-refractivity contribution in [2.45, 2.75) is 13.0 Å². The zero-order chi connectivity index (χ0) is 9.40. The summed E-state index contributed by atoms with van der Waals surface area (Å²) in [6, 6.07) is 10.9. The lowest BCUT2D eigenvalue weighted by atomic mass is 10.1. The second-order valence-corrected chi connectivity index (χ2v) is 2.42. The van der Waals surface area contributed by atoms with Gasteiger partial charge in [-0.2, -0.15) is 0 Å². The Kier molecular flexibility index (Phi) is 5.93. The number of carbonyl (C=O) groups is 1. The molecule has 1 N–H and O–H groups in total. The van der Waals surface area contributed by atoms with Crippen LogP contribution in [0.4, 0.5) is 0 Å². The normalized spacial score (nSPS) is 11.2. The van der Waals surface area contributed by atoms with Crippen molar-refractivity contribution in [2.75, 3.05) is 7.05 Å². The van der Waals surface area contributed by atoms with Crippen molar-refractivity contribution >= 4 is 6.79 Å². The quantitative estimate of drug-likeness (QED) is 0.723. The van der Waals surface area contributed by atoms with E-state index in [1.807, 2.05) is 19.9 Å². The van der Waals surface area contributed by atoms with Gasteiger partial charge in [-0.15, -0.1) is 0 Å². The van der Waals surface area contributed by atoms with Gasteiger partial charge in [0.2, 0.25) is 0 Å². The predicted octanol–water partition coefficient (Wildman–Crippen LogP) is 1.78. The molecule has 1 rings (SSSR count). The molecule has 0 aromatic heterocycles. The lowest BCUT2D eigenvalue weighted by Gasteiger charge is -2.08. The van der Waals surface area contributed by atoms with Crippen LogP contribution in [0.1, 0.15) is 18.5 Å². The first-order valence-electron chi connectivity index (χ1n) is 3.85. The lowest BCUT2D eigenvalue weighted by Crippen LogP contribution is -2.11. The molecule has 1 aromatic carbocycles. The molecule has 2 heteroatoms. The summed E-state index contributed by atoms with van der Waals surface area (Å²) in [5, 5.41) is 3.18. The fourth-order valence-corrected chi connectivity index (χ4v) is 0.908. The average Bonchev–Trinajstić information content (AvgIpc) is 2.21. The van der Waals surface area contributed by atoms with E-state index >= 15 is 0 Å². The van der Waals surface area contributed by atoms with Crippen LogP contribution < -0.4 is 5.32 Å². The van der Waals surface area contributed by atoms with E-state index in [1.165, 1.54) is 5.56 Å². The molecule has 66 valence electrons. The van der Waals surface area contributed by atoms with Gasteiger partial charge in [0.05, 0.1) is 0 Å². The van der Waals surface area contributed by atoms with Gasteiger partial charge >= 0.3 is 0 Å². The fraction of sp³-hybridized carbons (Fsp3) is 0.300. The monoisotopic (exact) mass is 165 g/mol. The highest BCUT2D eigenvalue weighted by Gasteiger charge is 1.97. The van der Waals surface area contributed by atoms with Crippen LogP contribution in [0.3, 0.4) is 0 Å². The lowest BCUT2D eigenvalue weighted by molar-refractivity contribution is -0.0979. The zero-order valence-corrected chi connectivity index (χ0v) is 7.58. The van der Waals surface area contributed by atoms with Gasteiger partial charge in [0.25, 0.3) is 0 Å². The van der Waals surface area contributed by atoms with E-state index in [4.69, 9.17) is 4.79 Å². The van der Waals surface area contributed by atoms with Gasteiger partial charge in [-0.05, 0) is 19.5 Å². The SMILES string of the molecule is C=O.CNC(C)c1ccccc1. The first kappa shape index (κ1) is 10.8. The molecule has 0 radical (unpaired) electrons.